The molecule has 0 radical (unpaired) electrons. The standard InChI is InChI=1S/C11H16O3S2/c1-8-5-6-9(15-8)11(12)10-4-2-3-7-16(10,13)14/h5-6,10-12H,2-4,7H2,1H3. The SMILES string of the molecule is Cc1ccc(C(O)C2CCCCS2(=O)=O)s1. The molecule has 2 atom stereocenters. The number of aliphatic hydroxyl groups is 1. The molecule has 16 heavy (non-hydrogen) atoms. The van der Waals surface area contributed by atoms with E-state index < -0.39 is 21.2 Å². The zero-order valence-electron chi connectivity index (χ0n) is 9.22. The molecule has 1 aromatic rings. The van der Waals surface area contributed by atoms with E-state index in [1.807, 2.05) is 19.1 Å². The van der Waals surface area contributed by atoms with Crippen LogP contribution in [0.1, 0.15) is 35.1 Å². The third kappa shape index (κ3) is 2.31. The van der Waals surface area contributed by atoms with Crippen LogP contribution in [0, 0.1) is 6.92 Å². The van der Waals surface area contributed by atoms with Gasteiger partial charge in [-0.3, -0.25) is 0 Å². The van der Waals surface area contributed by atoms with E-state index in [1.54, 1.807) is 0 Å². The summed E-state index contributed by atoms with van der Waals surface area (Å²) in [5.74, 6) is 0.221. The van der Waals surface area contributed by atoms with Crippen LogP contribution in [-0.4, -0.2) is 24.5 Å². The van der Waals surface area contributed by atoms with E-state index in [2.05, 4.69) is 0 Å². The molecule has 3 nitrogen and oxygen atoms in total. The van der Waals surface area contributed by atoms with Crippen molar-refractivity contribution in [2.45, 2.75) is 37.5 Å². The molecule has 1 aliphatic heterocycles. The summed E-state index contributed by atoms with van der Waals surface area (Å²) in [7, 11) is -3.11. The van der Waals surface area contributed by atoms with E-state index in [-0.39, 0.29) is 5.75 Å². The summed E-state index contributed by atoms with van der Waals surface area (Å²) in [5, 5.41) is 9.53. The molecule has 0 saturated carbocycles. The third-order valence-electron chi connectivity index (χ3n) is 3.03. The Balaban J connectivity index is 2.24. The highest BCUT2D eigenvalue weighted by molar-refractivity contribution is 7.92. The number of hydrogen-bond donors (Lipinski definition) is 1. The second-order valence-corrected chi connectivity index (χ2v) is 7.95. The normalized spacial score (nSPS) is 26.5. The number of aliphatic hydroxyl groups excluding tert-OH is 1. The lowest BCUT2D eigenvalue weighted by Gasteiger charge is -2.25. The molecule has 5 heteroatoms. The maximum atomic E-state index is 11.8. The molecule has 1 N–H and O–H groups in total. The average Bonchev–Trinajstić information content (AvgIpc) is 2.63. The first-order chi connectivity index (χ1) is 7.50. The van der Waals surface area contributed by atoms with E-state index >= 15 is 0 Å². The summed E-state index contributed by atoms with van der Waals surface area (Å²) in [6.07, 6.45) is 1.37. The molecular weight excluding hydrogens is 244 g/mol. The molecule has 1 fully saturated rings. The Kier molecular flexibility index (Phi) is 3.37. The van der Waals surface area contributed by atoms with Crippen molar-refractivity contribution in [2.75, 3.05) is 5.75 Å². The van der Waals surface area contributed by atoms with E-state index in [1.165, 1.54) is 11.3 Å². The van der Waals surface area contributed by atoms with Crippen LogP contribution in [0.15, 0.2) is 12.1 Å². The zero-order valence-corrected chi connectivity index (χ0v) is 10.9. The van der Waals surface area contributed by atoms with Crippen LogP contribution in [-0.2, 0) is 9.84 Å². The summed E-state index contributed by atoms with van der Waals surface area (Å²) in [4.78, 5) is 1.87. The van der Waals surface area contributed by atoms with E-state index in [9.17, 15) is 13.5 Å². The Morgan fingerprint density at radius 2 is 2.19 bits per heavy atom. The Morgan fingerprint density at radius 1 is 1.44 bits per heavy atom. The van der Waals surface area contributed by atoms with Crippen molar-refractivity contribution in [3.8, 4) is 0 Å². The van der Waals surface area contributed by atoms with Crippen LogP contribution in [0.5, 0.6) is 0 Å². The fraction of sp³-hybridized carbons (Fsp3) is 0.636. The molecule has 0 amide bonds. The molecule has 0 aromatic carbocycles. The summed E-state index contributed by atoms with van der Waals surface area (Å²) >= 11 is 1.48. The van der Waals surface area contributed by atoms with Gasteiger partial charge in [0.25, 0.3) is 0 Å². The van der Waals surface area contributed by atoms with Gasteiger partial charge < -0.3 is 5.11 Å². The fourth-order valence-electron chi connectivity index (χ4n) is 2.13. The zero-order chi connectivity index (χ0) is 11.8. The van der Waals surface area contributed by atoms with Crippen LogP contribution in [0.4, 0.5) is 0 Å². The number of rotatable bonds is 2. The van der Waals surface area contributed by atoms with Gasteiger partial charge in [-0.15, -0.1) is 11.3 Å². The van der Waals surface area contributed by atoms with Gasteiger partial charge in [0.15, 0.2) is 9.84 Å². The van der Waals surface area contributed by atoms with Gasteiger partial charge in [0, 0.05) is 9.75 Å². The predicted octanol–water partition coefficient (Wildman–Crippen LogP) is 2.06. The third-order valence-corrected chi connectivity index (χ3v) is 6.38. The van der Waals surface area contributed by atoms with E-state index in [4.69, 9.17) is 0 Å². The lowest BCUT2D eigenvalue weighted by molar-refractivity contribution is 0.168. The van der Waals surface area contributed by atoms with Crippen molar-refractivity contribution < 1.29 is 13.5 Å². The Bertz CT molecular complexity index is 461. The van der Waals surface area contributed by atoms with Crippen molar-refractivity contribution in [2.24, 2.45) is 0 Å². The minimum Gasteiger partial charge on any atom is -0.386 e. The molecule has 1 aromatic heterocycles. The molecule has 0 bridgehead atoms. The van der Waals surface area contributed by atoms with Gasteiger partial charge >= 0.3 is 0 Å². The number of aryl methyl sites for hydroxylation is 1. The molecule has 1 saturated heterocycles. The van der Waals surface area contributed by atoms with Gasteiger partial charge in [0.1, 0.15) is 6.10 Å². The smallest absolute Gasteiger partial charge is 0.156 e. The molecule has 2 rings (SSSR count). The molecule has 0 spiro atoms. The van der Waals surface area contributed by atoms with Crippen LogP contribution in [0.25, 0.3) is 0 Å². The van der Waals surface area contributed by atoms with Crippen LogP contribution >= 0.6 is 11.3 Å². The molecular formula is C11H16O3S2. The summed E-state index contributed by atoms with van der Waals surface area (Å²) < 4.78 is 23.7. The van der Waals surface area contributed by atoms with Gasteiger partial charge in [-0.25, -0.2) is 8.42 Å². The van der Waals surface area contributed by atoms with Crippen molar-refractivity contribution >= 4 is 21.2 Å². The summed E-state index contributed by atoms with van der Waals surface area (Å²) in [6, 6.07) is 3.74. The van der Waals surface area contributed by atoms with E-state index in [0.717, 1.165) is 22.6 Å². The first kappa shape index (κ1) is 12.1. The van der Waals surface area contributed by atoms with Crippen LogP contribution < -0.4 is 0 Å². The van der Waals surface area contributed by atoms with Gasteiger partial charge in [0.2, 0.25) is 0 Å². The van der Waals surface area contributed by atoms with Crippen LogP contribution in [0.2, 0.25) is 0 Å². The molecule has 0 aliphatic carbocycles. The predicted molar refractivity (Wildman–Crippen MR) is 65.4 cm³/mol. The Hall–Kier alpha value is -0.390. The second-order valence-electron chi connectivity index (χ2n) is 4.29. The molecule has 1 aliphatic rings. The lowest BCUT2D eigenvalue weighted by Crippen LogP contribution is -2.33. The monoisotopic (exact) mass is 260 g/mol. The summed E-state index contributed by atoms with van der Waals surface area (Å²) in [6.45, 7) is 1.95. The van der Waals surface area contributed by atoms with E-state index in [0.29, 0.717) is 6.42 Å². The first-order valence-corrected chi connectivity index (χ1v) is 8.00. The largest absolute Gasteiger partial charge is 0.386 e. The van der Waals surface area contributed by atoms with Gasteiger partial charge in [0.05, 0.1) is 11.0 Å². The van der Waals surface area contributed by atoms with Crippen molar-refractivity contribution in [1.29, 1.82) is 0 Å². The first-order valence-electron chi connectivity index (χ1n) is 5.47. The summed E-state index contributed by atoms with van der Waals surface area (Å²) in [5.41, 5.74) is 0. The molecule has 90 valence electrons. The quantitative estimate of drug-likeness (QED) is 0.885. The maximum Gasteiger partial charge on any atom is 0.156 e. The van der Waals surface area contributed by atoms with Crippen molar-refractivity contribution in [1.82, 2.24) is 0 Å². The highest BCUT2D eigenvalue weighted by atomic mass is 32.2. The van der Waals surface area contributed by atoms with Gasteiger partial charge in [-0.05, 0) is 31.9 Å². The number of sulfone groups is 1. The maximum absolute atomic E-state index is 11.8. The number of thiophene rings is 1. The minimum atomic E-state index is -3.11. The van der Waals surface area contributed by atoms with Crippen LogP contribution in [0.3, 0.4) is 0 Å². The minimum absolute atomic E-state index is 0.221. The Labute approximate surface area is 100 Å². The number of hydrogen-bond acceptors (Lipinski definition) is 4. The lowest BCUT2D eigenvalue weighted by atomic mass is 10.1. The fourth-order valence-corrected chi connectivity index (χ4v) is 5.12. The van der Waals surface area contributed by atoms with Gasteiger partial charge in [-0.1, -0.05) is 6.42 Å². The van der Waals surface area contributed by atoms with Crippen molar-refractivity contribution in [3.63, 3.8) is 0 Å². The molecule has 2 unspecified atom stereocenters. The second kappa shape index (κ2) is 4.47. The Morgan fingerprint density at radius 3 is 2.75 bits per heavy atom. The molecule has 2 heterocycles. The topological polar surface area (TPSA) is 54.4 Å². The highest BCUT2D eigenvalue weighted by Crippen LogP contribution is 2.33. The highest BCUT2D eigenvalue weighted by Gasteiger charge is 2.35. The van der Waals surface area contributed by atoms with Gasteiger partial charge in [-0.2, -0.15) is 0 Å². The average molecular weight is 260 g/mol. The van der Waals surface area contributed by atoms with Crippen molar-refractivity contribution in [3.05, 3.63) is 21.9 Å².